The van der Waals surface area contributed by atoms with Gasteiger partial charge in [0.05, 0.1) is 0 Å². The smallest absolute Gasteiger partial charge is 0.00777 e. The summed E-state index contributed by atoms with van der Waals surface area (Å²) in [6.07, 6.45) is 2.66. The maximum Gasteiger partial charge on any atom is 0.00777 e. The summed E-state index contributed by atoms with van der Waals surface area (Å²) in [6, 6.07) is 0. The Morgan fingerprint density at radius 2 is 1.80 bits per heavy atom. The molecule has 0 spiro atoms. The standard InChI is InChI=1S/C9H20S/c1-6-7-8(2)10-9(3,4)5/h8H,6-7H2,1-5H3. The van der Waals surface area contributed by atoms with E-state index in [2.05, 4.69) is 46.4 Å². The summed E-state index contributed by atoms with van der Waals surface area (Å²) >= 11 is 2.08. The minimum Gasteiger partial charge on any atom is -0.153 e. The van der Waals surface area contributed by atoms with E-state index in [9.17, 15) is 0 Å². The Morgan fingerprint density at radius 1 is 1.30 bits per heavy atom. The molecule has 0 aromatic heterocycles. The van der Waals surface area contributed by atoms with Crippen LogP contribution < -0.4 is 0 Å². The molecule has 0 saturated heterocycles. The third-order valence-electron chi connectivity index (χ3n) is 1.25. The van der Waals surface area contributed by atoms with Gasteiger partial charge in [0.1, 0.15) is 0 Å². The summed E-state index contributed by atoms with van der Waals surface area (Å²) in [7, 11) is 0. The molecular formula is C9H20S. The van der Waals surface area contributed by atoms with Crippen LogP contribution in [-0.2, 0) is 0 Å². The van der Waals surface area contributed by atoms with Gasteiger partial charge in [-0.1, -0.05) is 41.0 Å². The monoisotopic (exact) mass is 160 g/mol. The van der Waals surface area contributed by atoms with Crippen molar-refractivity contribution >= 4 is 11.8 Å². The zero-order valence-corrected chi connectivity index (χ0v) is 8.72. The minimum absolute atomic E-state index is 0.439. The predicted octanol–water partition coefficient (Wildman–Crippen LogP) is 3.71. The van der Waals surface area contributed by atoms with Crippen LogP contribution in [0.3, 0.4) is 0 Å². The number of hydrogen-bond donors (Lipinski definition) is 0. The van der Waals surface area contributed by atoms with E-state index in [0.717, 1.165) is 5.25 Å². The van der Waals surface area contributed by atoms with E-state index < -0.39 is 0 Å². The van der Waals surface area contributed by atoms with Gasteiger partial charge < -0.3 is 0 Å². The van der Waals surface area contributed by atoms with Crippen LogP contribution in [0.1, 0.15) is 47.5 Å². The molecule has 0 heterocycles. The van der Waals surface area contributed by atoms with Crippen molar-refractivity contribution in [1.29, 1.82) is 0 Å². The summed E-state index contributed by atoms with van der Waals surface area (Å²) in [5, 5.41) is 0.824. The Balaban J connectivity index is 3.47. The Labute approximate surface area is 69.8 Å². The highest BCUT2D eigenvalue weighted by Crippen LogP contribution is 2.29. The molecule has 0 aromatic rings. The van der Waals surface area contributed by atoms with Crippen LogP contribution in [0.2, 0.25) is 0 Å². The van der Waals surface area contributed by atoms with Gasteiger partial charge in [-0.25, -0.2) is 0 Å². The largest absolute Gasteiger partial charge is 0.153 e. The maximum atomic E-state index is 2.32. The van der Waals surface area contributed by atoms with E-state index in [1.54, 1.807) is 0 Å². The summed E-state index contributed by atoms with van der Waals surface area (Å²) in [5.74, 6) is 0. The molecule has 0 amide bonds. The lowest BCUT2D eigenvalue weighted by Gasteiger charge is -2.22. The SMILES string of the molecule is CCCC(C)SC(C)(C)C. The molecule has 1 unspecified atom stereocenters. The van der Waals surface area contributed by atoms with Crippen LogP contribution in [0.5, 0.6) is 0 Å². The van der Waals surface area contributed by atoms with E-state index in [1.807, 2.05) is 0 Å². The topological polar surface area (TPSA) is 0 Å². The molecule has 0 rings (SSSR count). The molecule has 0 bridgehead atoms. The summed E-state index contributed by atoms with van der Waals surface area (Å²) in [4.78, 5) is 0. The van der Waals surface area contributed by atoms with Gasteiger partial charge in [-0.15, -0.1) is 0 Å². The van der Waals surface area contributed by atoms with Crippen molar-refractivity contribution in [3.63, 3.8) is 0 Å². The highest BCUT2D eigenvalue weighted by atomic mass is 32.2. The Hall–Kier alpha value is 0.350. The predicted molar refractivity (Wildman–Crippen MR) is 51.7 cm³/mol. The zero-order valence-electron chi connectivity index (χ0n) is 7.90. The summed E-state index contributed by atoms with van der Waals surface area (Å²) in [5.41, 5.74) is 0. The van der Waals surface area contributed by atoms with Gasteiger partial charge in [0.15, 0.2) is 0 Å². The van der Waals surface area contributed by atoms with Gasteiger partial charge in [-0.3, -0.25) is 0 Å². The maximum absolute atomic E-state index is 2.32. The molecule has 0 N–H and O–H groups in total. The second-order valence-electron chi connectivity index (χ2n) is 3.83. The molecule has 0 nitrogen and oxygen atoms in total. The third-order valence-corrected chi connectivity index (χ3v) is 2.60. The molecule has 0 aliphatic rings. The fraction of sp³-hybridized carbons (Fsp3) is 1.00. The molecule has 0 aromatic carbocycles. The van der Waals surface area contributed by atoms with Crippen LogP contribution in [0.4, 0.5) is 0 Å². The van der Waals surface area contributed by atoms with Crippen molar-refractivity contribution in [2.45, 2.75) is 57.5 Å². The van der Waals surface area contributed by atoms with Crippen LogP contribution >= 0.6 is 11.8 Å². The molecule has 0 fully saturated rings. The quantitative estimate of drug-likeness (QED) is 0.606. The Kier molecular flexibility index (Phi) is 4.42. The third kappa shape index (κ3) is 6.47. The van der Waals surface area contributed by atoms with Gasteiger partial charge in [0.2, 0.25) is 0 Å². The number of thioether (sulfide) groups is 1. The molecular weight excluding hydrogens is 140 g/mol. The molecule has 1 heteroatoms. The van der Waals surface area contributed by atoms with E-state index in [-0.39, 0.29) is 0 Å². The Morgan fingerprint density at radius 3 is 2.10 bits per heavy atom. The average molecular weight is 160 g/mol. The van der Waals surface area contributed by atoms with Gasteiger partial charge in [-0.2, -0.15) is 11.8 Å². The zero-order chi connectivity index (χ0) is 8.20. The van der Waals surface area contributed by atoms with E-state index in [1.165, 1.54) is 12.8 Å². The van der Waals surface area contributed by atoms with Crippen molar-refractivity contribution in [2.75, 3.05) is 0 Å². The number of hydrogen-bond acceptors (Lipinski definition) is 1. The second-order valence-corrected chi connectivity index (χ2v) is 6.09. The van der Waals surface area contributed by atoms with Crippen molar-refractivity contribution in [2.24, 2.45) is 0 Å². The fourth-order valence-electron chi connectivity index (χ4n) is 1.07. The van der Waals surface area contributed by atoms with E-state index in [0.29, 0.717) is 4.75 Å². The van der Waals surface area contributed by atoms with Crippen molar-refractivity contribution in [3.8, 4) is 0 Å². The molecule has 1 atom stereocenters. The normalized spacial score (nSPS) is 15.3. The minimum atomic E-state index is 0.439. The van der Waals surface area contributed by atoms with Gasteiger partial charge in [-0.05, 0) is 6.42 Å². The van der Waals surface area contributed by atoms with E-state index >= 15 is 0 Å². The van der Waals surface area contributed by atoms with Crippen LogP contribution in [-0.4, -0.2) is 10.00 Å². The molecule has 0 radical (unpaired) electrons. The van der Waals surface area contributed by atoms with Crippen LogP contribution in [0, 0.1) is 0 Å². The Bertz CT molecular complexity index is 81.2. The first-order chi connectivity index (χ1) is 4.45. The summed E-state index contributed by atoms with van der Waals surface area (Å²) < 4.78 is 0.439. The lowest BCUT2D eigenvalue weighted by atomic mass is 10.2. The van der Waals surface area contributed by atoms with E-state index in [4.69, 9.17) is 0 Å². The first-order valence-corrected chi connectivity index (χ1v) is 5.01. The van der Waals surface area contributed by atoms with Crippen molar-refractivity contribution in [3.05, 3.63) is 0 Å². The van der Waals surface area contributed by atoms with Crippen molar-refractivity contribution < 1.29 is 0 Å². The molecule has 0 aliphatic carbocycles. The second kappa shape index (κ2) is 4.27. The lowest BCUT2D eigenvalue weighted by Crippen LogP contribution is -2.13. The molecule has 0 aliphatic heterocycles. The molecule has 0 saturated carbocycles. The molecule has 10 heavy (non-hydrogen) atoms. The number of rotatable bonds is 3. The van der Waals surface area contributed by atoms with Crippen LogP contribution in [0.25, 0.3) is 0 Å². The van der Waals surface area contributed by atoms with Crippen LogP contribution in [0.15, 0.2) is 0 Å². The fourth-order valence-corrected chi connectivity index (χ4v) is 2.63. The first kappa shape index (κ1) is 10.3. The average Bonchev–Trinajstić information content (AvgIpc) is 1.59. The summed E-state index contributed by atoms with van der Waals surface area (Å²) in [6.45, 7) is 11.4. The van der Waals surface area contributed by atoms with Gasteiger partial charge in [0, 0.05) is 10.00 Å². The van der Waals surface area contributed by atoms with Gasteiger partial charge in [0.25, 0.3) is 0 Å². The van der Waals surface area contributed by atoms with Crippen molar-refractivity contribution in [1.82, 2.24) is 0 Å². The highest BCUT2D eigenvalue weighted by Gasteiger charge is 2.14. The molecule has 62 valence electrons. The highest BCUT2D eigenvalue weighted by molar-refractivity contribution is 8.01. The van der Waals surface area contributed by atoms with Gasteiger partial charge >= 0.3 is 0 Å². The first-order valence-electron chi connectivity index (χ1n) is 4.13. The lowest BCUT2D eigenvalue weighted by molar-refractivity contribution is 0.750.